The standard InChI is InChI=1S/C12H17NO3/c1-9-5-3-4-6-11(9)16-8-12(15)13-10(2)7-14/h3-6,10,14H,7-8H2,1-2H3,(H,13,15). The molecule has 4 nitrogen and oxygen atoms in total. The SMILES string of the molecule is Cc1ccccc1OCC(=O)NC(C)CO. The minimum atomic E-state index is -0.243. The fourth-order valence-corrected chi connectivity index (χ4v) is 1.22. The van der Waals surface area contributed by atoms with Gasteiger partial charge in [0.2, 0.25) is 0 Å². The van der Waals surface area contributed by atoms with Gasteiger partial charge in [0.15, 0.2) is 6.61 Å². The largest absolute Gasteiger partial charge is 0.484 e. The maximum absolute atomic E-state index is 11.3. The van der Waals surface area contributed by atoms with Gasteiger partial charge in [0.1, 0.15) is 5.75 Å². The summed E-state index contributed by atoms with van der Waals surface area (Å²) in [6.45, 7) is 3.54. The number of carbonyl (C=O) groups is 1. The summed E-state index contributed by atoms with van der Waals surface area (Å²) in [4.78, 5) is 11.3. The molecule has 0 aromatic heterocycles. The average Bonchev–Trinajstić information content (AvgIpc) is 2.28. The molecule has 0 heterocycles. The van der Waals surface area contributed by atoms with Crippen molar-refractivity contribution in [2.45, 2.75) is 19.9 Å². The molecule has 4 heteroatoms. The number of aliphatic hydroxyl groups excluding tert-OH is 1. The maximum atomic E-state index is 11.3. The molecule has 1 aromatic carbocycles. The van der Waals surface area contributed by atoms with Crippen molar-refractivity contribution in [2.75, 3.05) is 13.2 Å². The van der Waals surface area contributed by atoms with Crippen molar-refractivity contribution in [3.8, 4) is 5.75 Å². The third kappa shape index (κ3) is 3.90. The summed E-state index contributed by atoms with van der Waals surface area (Å²) in [6.07, 6.45) is 0. The molecule has 0 fully saturated rings. The predicted molar refractivity (Wildman–Crippen MR) is 61.4 cm³/mol. The summed E-state index contributed by atoms with van der Waals surface area (Å²) >= 11 is 0. The maximum Gasteiger partial charge on any atom is 0.258 e. The molecule has 0 aliphatic heterocycles. The van der Waals surface area contributed by atoms with Gasteiger partial charge in [-0.1, -0.05) is 18.2 Å². The van der Waals surface area contributed by atoms with E-state index in [-0.39, 0.29) is 25.2 Å². The normalized spacial score (nSPS) is 11.9. The molecule has 16 heavy (non-hydrogen) atoms. The van der Waals surface area contributed by atoms with E-state index in [9.17, 15) is 4.79 Å². The van der Waals surface area contributed by atoms with Crippen molar-refractivity contribution >= 4 is 5.91 Å². The number of aliphatic hydroxyl groups is 1. The number of ether oxygens (including phenoxy) is 1. The van der Waals surface area contributed by atoms with Crippen molar-refractivity contribution in [1.29, 1.82) is 0 Å². The molecule has 1 unspecified atom stereocenters. The summed E-state index contributed by atoms with van der Waals surface area (Å²) in [5.41, 5.74) is 0.991. The summed E-state index contributed by atoms with van der Waals surface area (Å²) in [7, 11) is 0. The van der Waals surface area contributed by atoms with Crippen LogP contribution in [0.3, 0.4) is 0 Å². The number of carbonyl (C=O) groups excluding carboxylic acids is 1. The van der Waals surface area contributed by atoms with E-state index in [0.29, 0.717) is 5.75 Å². The Balaban J connectivity index is 2.40. The Hall–Kier alpha value is -1.55. The van der Waals surface area contributed by atoms with E-state index in [4.69, 9.17) is 9.84 Å². The van der Waals surface area contributed by atoms with E-state index in [1.807, 2.05) is 31.2 Å². The quantitative estimate of drug-likeness (QED) is 0.778. The molecule has 1 rings (SSSR count). The fourth-order valence-electron chi connectivity index (χ4n) is 1.22. The summed E-state index contributed by atoms with van der Waals surface area (Å²) in [6, 6.07) is 7.27. The first-order valence-corrected chi connectivity index (χ1v) is 5.22. The van der Waals surface area contributed by atoms with Crippen molar-refractivity contribution in [1.82, 2.24) is 5.32 Å². The lowest BCUT2D eigenvalue weighted by Crippen LogP contribution is -2.38. The van der Waals surface area contributed by atoms with Crippen LogP contribution in [0, 0.1) is 6.92 Å². The predicted octanol–water partition coefficient (Wildman–Crippen LogP) is 0.871. The Morgan fingerprint density at radius 1 is 1.50 bits per heavy atom. The van der Waals surface area contributed by atoms with Gasteiger partial charge >= 0.3 is 0 Å². The number of benzene rings is 1. The van der Waals surface area contributed by atoms with E-state index in [2.05, 4.69) is 5.32 Å². The monoisotopic (exact) mass is 223 g/mol. The molecule has 2 N–H and O–H groups in total. The highest BCUT2D eigenvalue weighted by Gasteiger charge is 2.07. The second-order valence-corrected chi connectivity index (χ2v) is 3.71. The highest BCUT2D eigenvalue weighted by Crippen LogP contribution is 2.15. The number of amides is 1. The van der Waals surface area contributed by atoms with Crippen molar-refractivity contribution in [2.24, 2.45) is 0 Å². The molecule has 88 valence electrons. The molecular weight excluding hydrogens is 206 g/mol. The molecule has 0 saturated heterocycles. The topological polar surface area (TPSA) is 58.6 Å². The first-order valence-electron chi connectivity index (χ1n) is 5.22. The smallest absolute Gasteiger partial charge is 0.258 e. The van der Waals surface area contributed by atoms with Gasteiger partial charge in [0.25, 0.3) is 5.91 Å². The van der Waals surface area contributed by atoms with Crippen molar-refractivity contribution in [3.05, 3.63) is 29.8 Å². The first kappa shape index (κ1) is 12.5. The van der Waals surface area contributed by atoms with Crippen LogP contribution < -0.4 is 10.1 Å². The van der Waals surface area contributed by atoms with Gasteiger partial charge in [-0.25, -0.2) is 0 Å². The van der Waals surface area contributed by atoms with Gasteiger partial charge in [0, 0.05) is 6.04 Å². The lowest BCUT2D eigenvalue weighted by atomic mass is 10.2. The minimum Gasteiger partial charge on any atom is -0.484 e. The van der Waals surface area contributed by atoms with Gasteiger partial charge in [-0.15, -0.1) is 0 Å². The van der Waals surface area contributed by atoms with E-state index >= 15 is 0 Å². The minimum absolute atomic E-state index is 0.0325. The van der Waals surface area contributed by atoms with Crippen LogP contribution in [0.15, 0.2) is 24.3 Å². The molecule has 1 aromatic rings. The second-order valence-electron chi connectivity index (χ2n) is 3.71. The van der Waals surface area contributed by atoms with Crippen LogP contribution in [0.2, 0.25) is 0 Å². The molecule has 0 aliphatic carbocycles. The van der Waals surface area contributed by atoms with Crippen LogP contribution in [0.1, 0.15) is 12.5 Å². The first-order chi connectivity index (χ1) is 7.63. The van der Waals surface area contributed by atoms with E-state index in [1.54, 1.807) is 6.92 Å². The molecule has 0 radical (unpaired) electrons. The number of aryl methyl sites for hydroxylation is 1. The van der Waals surface area contributed by atoms with Gasteiger partial charge in [-0.2, -0.15) is 0 Å². The Morgan fingerprint density at radius 2 is 2.19 bits per heavy atom. The van der Waals surface area contributed by atoms with E-state index in [0.717, 1.165) is 5.56 Å². The van der Waals surface area contributed by atoms with E-state index < -0.39 is 0 Å². The Kier molecular flexibility index (Phi) is 4.79. The highest BCUT2D eigenvalue weighted by molar-refractivity contribution is 5.77. The Labute approximate surface area is 95.2 Å². The molecule has 0 spiro atoms. The second kappa shape index (κ2) is 6.12. The van der Waals surface area contributed by atoms with E-state index in [1.165, 1.54) is 0 Å². The van der Waals surface area contributed by atoms with Crippen LogP contribution in [0.4, 0.5) is 0 Å². The molecular formula is C12H17NO3. The third-order valence-corrected chi connectivity index (χ3v) is 2.13. The number of rotatable bonds is 5. The summed E-state index contributed by atoms with van der Waals surface area (Å²) in [5, 5.41) is 11.4. The van der Waals surface area contributed by atoms with Crippen LogP contribution in [-0.4, -0.2) is 30.3 Å². The summed E-state index contributed by atoms with van der Waals surface area (Å²) < 4.78 is 5.35. The number of hydrogen-bond acceptors (Lipinski definition) is 3. The number of nitrogens with one attached hydrogen (secondary N) is 1. The lowest BCUT2D eigenvalue weighted by molar-refractivity contribution is -0.124. The Bertz CT molecular complexity index is 352. The van der Waals surface area contributed by atoms with Crippen LogP contribution in [0.5, 0.6) is 5.75 Å². The van der Waals surface area contributed by atoms with Crippen LogP contribution in [0.25, 0.3) is 0 Å². The lowest BCUT2D eigenvalue weighted by Gasteiger charge is -2.12. The highest BCUT2D eigenvalue weighted by atomic mass is 16.5. The van der Waals surface area contributed by atoms with Gasteiger partial charge in [0.05, 0.1) is 6.61 Å². The molecule has 0 saturated carbocycles. The van der Waals surface area contributed by atoms with Crippen molar-refractivity contribution in [3.63, 3.8) is 0 Å². The fraction of sp³-hybridized carbons (Fsp3) is 0.417. The number of hydrogen-bond donors (Lipinski definition) is 2. The zero-order chi connectivity index (χ0) is 12.0. The van der Waals surface area contributed by atoms with Gasteiger partial charge < -0.3 is 15.2 Å². The zero-order valence-corrected chi connectivity index (χ0v) is 9.56. The van der Waals surface area contributed by atoms with Crippen molar-refractivity contribution < 1.29 is 14.6 Å². The third-order valence-electron chi connectivity index (χ3n) is 2.13. The molecule has 1 atom stereocenters. The zero-order valence-electron chi connectivity index (χ0n) is 9.56. The van der Waals surface area contributed by atoms with Crippen LogP contribution in [-0.2, 0) is 4.79 Å². The average molecular weight is 223 g/mol. The van der Waals surface area contributed by atoms with Gasteiger partial charge in [-0.3, -0.25) is 4.79 Å². The molecule has 0 aliphatic rings. The van der Waals surface area contributed by atoms with Crippen LogP contribution >= 0.6 is 0 Å². The van der Waals surface area contributed by atoms with Gasteiger partial charge in [-0.05, 0) is 25.5 Å². The Morgan fingerprint density at radius 3 is 2.81 bits per heavy atom. The molecule has 1 amide bonds. The number of para-hydroxylation sites is 1. The summed E-state index contributed by atoms with van der Waals surface area (Å²) in [5.74, 6) is 0.471. The molecule has 0 bridgehead atoms.